The van der Waals surface area contributed by atoms with Crippen LogP contribution in [0.25, 0.3) is 11.2 Å². The number of hydrogen-bond donors (Lipinski definition) is 1. The van der Waals surface area contributed by atoms with Crippen molar-refractivity contribution in [2.75, 3.05) is 11.9 Å². The first kappa shape index (κ1) is 11.0. The normalized spacial score (nSPS) is 11.0. The summed E-state index contributed by atoms with van der Waals surface area (Å²) >= 11 is 5.81. The van der Waals surface area contributed by atoms with E-state index in [1.807, 2.05) is 0 Å². The Morgan fingerprint density at radius 2 is 2.00 bits per heavy atom. The highest BCUT2D eigenvalue weighted by Crippen LogP contribution is 2.17. The fourth-order valence-corrected chi connectivity index (χ4v) is 1.43. The van der Waals surface area contributed by atoms with Crippen LogP contribution in [0.5, 0.6) is 0 Å². The van der Waals surface area contributed by atoms with E-state index >= 15 is 0 Å². The van der Waals surface area contributed by atoms with Gasteiger partial charge in [0.25, 0.3) is 0 Å². The van der Waals surface area contributed by atoms with Gasteiger partial charge in [0, 0.05) is 18.9 Å². The molecule has 0 saturated carbocycles. The molecule has 0 aliphatic rings. The maximum absolute atomic E-state index is 5.81. The smallest absolute Gasteiger partial charge is 0.226 e. The van der Waals surface area contributed by atoms with Gasteiger partial charge in [-0.2, -0.15) is 9.97 Å². The Morgan fingerprint density at radius 3 is 2.75 bits per heavy atom. The number of anilines is 1. The van der Waals surface area contributed by atoms with Gasteiger partial charge >= 0.3 is 0 Å². The van der Waals surface area contributed by atoms with Gasteiger partial charge in [0.1, 0.15) is 0 Å². The number of rotatable bonds is 3. The van der Waals surface area contributed by atoms with Gasteiger partial charge in [-0.1, -0.05) is 13.8 Å². The standard InChI is InChI=1S/C10H12ClN5/c1-6(2)5-14-9-7-8(13-4-3-12-7)15-10(11)16-9/h3-4,6H,5H2,1-2H3,(H,13,14,15,16). The summed E-state index contributed by atoms with van der Waals surface area (Å²) in [7, 11) is 0. The second kappa shape index (κ2) is 4.57. The molecule has 2 aromatic rings. The number of aromatic nitrogens is 4. The maximum Gasteiger partial charge on any atom is 0.226 e. The molecule has 0 spiro atoms. The third-order valence-electron chi connectivity index (χ3n) is 1.98. The molecule has 0 aromatic carbocycles. The van der Waals surface area contributed by atoms with Gasteiger partial charge in [-0.3, -0.25) is 0 Å². The highest BCUT2D eigenvalue weighted by atomic mass is 35.5. The molecule has 2 rings (SSSR count). The predicted octanol–water partition coefficient (Wildman–Crippen LogP) is 2.14. The van der Waals surface area contributed by atoms with E-state index in [1.54, 1.807) is 12.4 Å². The Labute approximate surface area is 98.3 Å². The molecule has 0 saturated heterocycles. The summed E-state index contributed by atoms with van der Waals surface area (Å²) in [5.41, 5.74) is 1.15. The largest absolute Gasteiger partial charge is 0.368 e. The zero-order valence-corrected chi connectivity index (χ0v) is 9.86. The molecule has 0 unspecified atom stereocenters. The van der Waals surface area contributed by atoms with Crippen LogP contribution in [0.15, 0.2) is 12.4 Å². The van der Waals surface area contributed by atoms with Crippen LogP contribution in [-0.4, -0.2) is 26.5 Å². The third-order valence-corrected chi connectivity index (χ3v) is 2.15. The molecule has 2 aromatic heterocycles. The van der Waals surface area contributed by atoms with Crippen LogP contribution in [0.3, 0.4) is 0 Å². The van der Waals surface area contributed by atoms with Crippen molar-refractivity contribution in [1.29, 1.82) is 0 Å². The predicted molar refractivity (Wildman–Crippen MR) is 63.5 cm³/mol. The molecule has 0 bridgehead atoms. The lowest BCUT2D eigenvalue weighted by molar-refractivity contribution is 0.687. The summed E-state index contributed by atoms with van der Waals surface area (Å²) in [5, 5.41) is 3.37. The van der Waals surface area contributed by atoms with Crippen molar-refractivity contribution in [3.63, 3.8) is 0 Å². The van der Waals surface area contributed by atoms with Crippen molar-refractivity contribution < 1.29 is 0 Å². The van der Waals surface area contributed by atoms with Crippen LogP contribution in [0.2, 0.25) is 5.28 Å². The SMILES string of the molecule is CC(C)CNc1nc(Cl)nc2nccnc12. The summed E-state index contributed by atoms with van der Waals surface area (Å²) in [6.45, 7) is 5.03. The van der Waals surface area contributed by atoms with E-state index in [2.05, 4.69) is 39.1 Å². The fourth-order valence-electron chi connectivity index (χ4n) is 1.26. The third kappa shape index (κ3) is 2.36. The van der Waals surface area contributed by atoms with Crippen molar-refractivity contribution in [3.8, 4) is 0 Å². The van der Waals surface area contributed by atoms with Crippen LogP contribution < -0.4 is 5.32 Å². The zero-order valence-electron chi connectivity index (χ0n) is 9.11. The Hall–Kier alpha value is -1.49. The summed E-state index contributed by atoms with van der Waals surface area (Å²) in [6.07, 6.45) is 3.19. The van der Waals surface area contributed by atoms with E-state index in [0.29, 0.717) is 22.9 Å². The number of nitrogens with zero attached hydrogens (tertiary/aromatic N) is 4. The molecule has 0 aliphatic carbocycles. The number of nitrogens with one attached hydrogen (secondary N) is 1. The molecule has 2 heterocycles. The molecular formula is C10H12ClN5. The highest BCUT2D eigenvalue weighted by molar-refractivity contribution is 6.28. The molecule has 6 heteroatoms. The van der Waals surface area contributed by atoms with Crippen LogP contribution in [0, 0.1) is 5.92 Å². The van der Waals surface area contributed by atoms with E-state index in [1.165, 1.54) is 0 Å². The molecule has 84 valence electrons. The first-order valence-corrected chi connectivity index (χ1v) is 5.42. The monoisotopic (exact) mass is 237 g/mol. The van der Waals surface area contributed by atoms with Gasteiger partial charge in [-0.05, 0) is 17.5 Å². The molecule has 5 nitrogen and oxygen atoms in total. The minimum Gasteiger partial charge on any atom is -0.368 e. The average Bonchev–Trinajstić information content (AvgIpc) is 2.25. The lowest BCUT2D eigenvalue weighted by atomic mass is 10.2. The van der Waals surface area contributed by atoms with Crippen LogP contribution in [0.4, 0.5) is 5.82 Å². The van der Waals surface area contributed by atoms with Gasteiger partial charge in [0.2, 0.25) is 5.28 Å². The molecule has 0 amide bonds. The van der Waals surface area contributed by atoms with Crippen molar-refractivity contribution in [3.05, 3.63) is 17.7 Å². The second-order valence-electron chi connectivity index (χ2n) is 3.84. The Kier molecular flexibility index (Phi) is 3.14. The van der Waals surface area contributed by atoms with Gasteiger partial charge in [-0.15, -0.1) is 0 Å². The molecule has 0 atom stereocenters. The van der Waals surface area contributed by atoms with Crippen molar-refractivity contribution >= 4 is 28.6 Å². The number of fused-ring (bicyclic) bond motifs is 1. The Morgan fingerprint density at radius 1 is 1.25 bits per heavy atom. The lowest BCUT2D eigenvalue weighted by Gasteiger charge is -2.09. The molecular weight excluding hydrogens is 226 g/mol. The summed E-state index contributed by atoms with van der Waals surface area (Å²) in [5.74, 6) is 1.15. The number of hydrogen-bond acceptors (Lipinski definition) is 5. The summed E-state index contributed by atoms with van der Waals surface area (Å²) in [4.78, 5) is 16.4. The first-order chi connectivity index (χ1) is 7.66. The molecule has 0 aliphatic heterocycles. The fraction of sp³-hybridized carbons (Fsp3) is 0.400. The van der Waals surface area contributed by atoms with Crippen LogP contribution in [0.1, 0.15) is 13.8 Å². The minimum atomic E-state index is 0.180. The number of halogens is 1. The second-order valence-corrected chi connectivity index (χ2v) is 4.18. The zero-order chi connectivity index (χ0) is 11.5. The Balaban J connectivity index is 2.42. The maximum atomic E-state index is 5.81. The van der Waals surface area contributed by atoms with E-state index < -0.39 is 0 Å². The van der Waals surface area contributed by atoms with Gasteiger partial charge in [0.15, 0.2) is 17.0 Å². The van der Waals surface area contributed by atoms with Crippen LogP contribution >= 0.6 is 11.6 Å². The topological polar surface area (TPSA) is 63.6 Å². The van der Waals surface area contributed by atoms with Crippen molar-refractivity contribution in [2.24, 2.45) is 5.92 Å². The van der Waals surface area contributed by atoms with Crippen molar-refractivity contribution in [1.82, 2.24) is 19.9 Å². The molecule has 0 radical (unpaired) electrons. The molecule has 1 N–H and O–H groups in total. The average molecular weight is 238 g/mol. The van der Waals surface area contributed by atoms with Gasteiger partial charge in [-0.25, -0.2) is 9.97 Å². The van der Waals surface area contributed by atoms with E-state index in [4.69, 9.17) is 11.6 Å². The van der Waals surface area contributed by atoms with E-state index in [-0.39, 0.29) is 5.28 Å². The van der Waals surface area contributed by atoms with Gasteiger partial charge in [0.05, 0.1) is 0 Å². The quantitative estimate of drug-likeness (QED) is 0.829. The summed E-state index contributed by atoms with van der Waals surface area (Å²) < 4.78 is 0. The lowest BCUT2D eigenvalue weighted by Crippen LogP contribution is -2.10. The molecule has 0 fully saturated rings. The molecule has 16 heavy (non-hydrogen) atoms. The first-order valence-electron chi connectivity index (χ1n) is 5.05. The highest BCUT2D eigenvalue weighted by Gasteiger charge is 2.08. The van der Waals surface area contributed by atoms with Gasteiger partial charge < -0.3 is 5.32 Å². The van der Waals surface area contributed by atoms with E-state index in [0.717, 1.165) is 6.54 Å². The van der Waals surface area contributed by atoms with E-state index in [9.17, 15) is 0 Å². The van der Waals surface area contributed by atoms with Crippen LogP contribution in [-0.2, 0) is 0 Å². The van der Waals surface area contributed by atoms with Crippen molar-refractivity contribution in [2.45, 2.75) is 13.8 Å². The summed E-state index contributed by atoms with van der Waals surface area (Å²) in [6, 6.07) is 0. The minimum absolute atomic E-state index is 0.180. The Bertz CT molecular complexity index is 500.